The van der Waals surface area contributed by atoms with Crippen LogP contribution in [0.4, 0.5) is 0 Å². The lowest BCUT2D eigenvalue weighted by atomic mass is 10.2. The Bertz CT molecular complexity index is 805. The molecular formula is C18H21N3O4. The molecule has 0 radical (unpaired) electrons. The minimum absolute atomic E-state index is 0.0887. The third-order valence-electron chi connectivity index (χ3n) is 4.15. The van der Waals surface area contributed by atoms with Crippen LogP contribution in [-0.2, 0) is 6.54 Å². The summed E-state index contributed by atoms with van der Waals surface area (Å²) in [5.74, 6) is 1.28. The summed E-state index contributed by atoms with van der Waals surface area (Å²) in [6.45, 7) is 0.687. The molecule has 0 bridgehead atoms. The predicted molar refractivity (Wildman–Crippen MR) is 92.4 cm³/mol. The van der Waals surface area contributed by atoms with E-state index in [1.807, 2.05) is 0 Å². The lowest BCUT2D eigenvalue weighted by Gasteiger charge is -2.10. The largest absolute Gasteiger partial charge is 0.497 e. The molecule has 0 saturated heterocycles. The number of ether oxygens (including phenoxy) is 2. The molecule has 1 aliphatic carbocycles. The van der Waals surface area contributed by atoms with Crippen LogP contribution in [0.1, 0.15) is 34.8 Å². The van der Waals surface area contributed by atoms with Gasteiger partial charge in [-0.2, -0.15) is 0 Å². The van der Waals surface area contributed by atoms with E-state index in [0.717, 1.165) is 18.5 Å². The molecule has 3 rings (SSSR count). The average molecular weight is 343 g/mol. The van der Waals surface area contributed by atoms with Crippen molar-refractivity contribution in [2.45, 2.75) is 25.3 Å². The van der Waals surface area contributed by atoms with Crippen LogP contribution in [0.15, 0.2) is 35.4 Å². The number of nitrogens with zero attached hydrogens (tertiary/aromatic N) is 2. The second kappa shape index (κ2) is 7.38. The fourth-order valence-electron chi connectivity index (χ4n) is 2.54. The summed E-state index contributed by atoms with van der Waals surface area (Å²) in [4.78, 5) is 28.7. The van der Waals surface area contributed by atoms with Gasteiger partial charge in [-0.25, -0.2) is 4.98 Å². The summed E-state index contributed by atoms with van der Waals surface area (Å²) < 4.78 is 11.8. The van der Waals surface area contributed by atoms with Gasteiger partial charge < -0.3 is 14.8 Å². The van der Waals surface area contributed by atoms with Crippen molar-refractivity contribution in [3.05, 3.63) is 52.2 Å². The first-order chi connectivity index (χ1) is 12.1. The van der Waals surface area contributed by atoms with E-state index in [0.29, 0.717) is 36.1 Å². The molecule has 1 N–H and O–H groups in total. The predicted octanol–water partition coefficient (Wildman–Crippen LogP) is 1.57. The number of hydrogen-bond acceptors (Lipinski definition) is 5. The van der Waals surface area contributed by atoms with E-state index in [-0.39, 0.29) is 11.5 Å². The fraction of sp³-hybridized carbons (Fsp3) is 0.389. The van der Waals surface area contributed by atoms with Crippen molar-refractivity contribution in [3.63, 3.8) is 0 Å². The van der Waals surface area contributed by atoms with Gasteiger partial charge in [0.2, 0.25) is 0 Å². The van der Waals surface area contributed by atoms with Gasteiger partial charge in [0, 0.05) is 36.7 Å². The Balaban J connectivity index is 1.60. The molecule has 0 atom stereocenters. The lowest BCUT2D eigenvalue weighted by Crippen LogP contribution is -2.31. The van der Waals surface area contributed by atoms with E-state index in [9.17, 15) is 9.59 Å². The van der Waals surface area contributed by atoms with Crippen LogP contribution in [-0.4, -0.2) is 36.2 Å². The van der Waals surface area contributed by atoms with Crippen LogP contribution >= 0.6 is 0 Å². The summed E-state index contributed by atoms with van der Waals surface area (Å²) in [7, 11) is 3.06. The zero-order valence-corrected chi connectivity index (χ0v) is 14.3. The molecule has 1 heterocycles. The number of carbonyl (C=O) groups excluding carboxylic acids is 1. The zero-order valence-electron chi connectivity index (χ0n) is 14.3. The Labute approximate surface area is 145 Å². The maximum Gasteiger partial charge on any atom is 0.253 e. The topological polar surface area (TPSA) is 82.4 Å². The van der Waals surface area contributed by atoms with Crippen LogP contribution in [0.25, 0.3) is 0 Å². The van der Waals surface area contributed by atoms with Crippen molar-refractivity contribution in [2.24, 2.45) is 0 Å². The third kappa shape index (κ3) is 4.17. The van der Waals surface area contributed by atoms with E-state index in [1.165, 1.54) is 18.8 Å². The number of nitrogens with one attached hydrogen (secondary N) is 1. The summed E-state index contributed by atoms with van der Waals surface area (Å²) in [5.41, 5.74) is 1.22. The maximum absolute atomic E-state index is 12.3. The van der Waals surface area contributed by atoms with Gasteiger partial charge in [0.15, 0.2) is 0 Å². The third-order valence-corrected chi connectivity index (χ3v) is 4.15. The molecule has 1 amide bonds. The highest BCUT2D eigenvalue weighted by Gasteiger charge is 2.25. The Morgan fingerprint density at radius 1 is 1.20 bits per heavy atom. The second-order valence-electron chi connectivity index (χ2n) is 5.98. The number of hydrogen-bond donors (Lipinski definition) is 1. The van der Waals surface area contributed by atoms with Gasteiger partial charge in [-0.15, -0.1) is 0 Å². The smallest absolute Gasteiger partial charge is 0.253 e. The first kappa shape index (κ1) is 17.0. The van der Waals surface area contributed by atoms with Crippen molar-refractivity contribution in [2.75, 3.05) is 20.8 Å². The molecule has 0 aliphatic heterocycles. The van der Waals surface area contributed by atoms with Crippen LogP contribution < -0.4 is 20.3 Å². The summed E-state index contributed by atoms with van der Waals surface area (Å²) in [6, 6.07) is 6.56. The highest BCUT2D eigenvalue weighted by atomic mass is 16.5. The first-order valence-electron chi connectivity index (χ1n) is 8.18. The molecule has 1 aliphatic rings. The molecule has 1 aromatic heterocycles. The highest BCUT2D eigenvalue weighted by Crippen LogP contribution is 2.38. The van der Waals surface area contributed by atoms with Gasteiger partial charge >= 0.3 is 0 Å². The number of aromatic nitrogens is 2. The molecule has 7 heteroatoms. The normalized spacial score (nSPS) is 13.4. The molecule has 1 aromatic carbocycles. The quantitative estimate of drug-likeness (QED) is 0.825. The molecule has 25 heavy (non-hydrogen) atoms. The van der Waals surface area contributed by atoms with E-state index < -0.39 is 0 Å². The van der Waals surface area contributed by atoms with Gasteiger partial charge in [0.05, 0.1) is 26.2 Å². The minimum Gasteiger partial charge on any atom is -0.497 e. The van der Waals surface area contributed by atoms with Crippen molar-refractivity contribution in [1.82, 2.24) is 14.9 Å². The zero-order chi connectivity index (χ0) is 17.8. The van der Waals surface area contributed by atoms with E-state index in [4.69, 9.17) is 9.47 Å². The molecular weight excluding hydrogens is 322 g/mol. The minimum atomic E-state index is -0.257. The van der Waals surface area contributed by atoms with Crippen LogP contribution in [0.5, 0.6) is 11.5 Å². The van der Waals surface area contributed by atoms with E-state index in [1.54, 1.807) is 30.6 Å². The van der Waals surface area contributed by atoms with Gasteiger partial charge in [-0.1, -0.05) is 0 Å². The van der Waals surface area contributed by atoms with Crippen molar-refractivity contribution in [3.8, 4) is 11.5 Å². The number of carbonyl (C=O) groups is 1. The molecule has 2 aromatic rings. The first-order valence-corrected chi connectivity index (χ1v) is 8.18. The van der Waals surface area contributed by atoms with E-state index >= 15 is 0 Å². The lowest BCUT2D eigenvalue weighted by molar-refractivity contribution is 0.0951. The van der Waals surface area contributed by atoms with E-state index in [2.05, 4.69) is 10.3 Å². The van der Waals surface area contributed by atoms with Crippen molar-refractivity contribution in [1.29, 1.82) is 0 Å². The SMILES string of the molecule is COc1cc(OC)cc(C(=O)NCCn2cnc(C3CC3)cc2=O)c1. The summed E-state index contributed by atoms with van der Waals surface area (Å²) >= 11 is 0. The number of methoxy groups -OCH3 is 2. The highest BCUT2D eigenvalue weighted by molar-refractivity contribution is 5.95. The van der Waals surface area contributed by atoms with Gasteiger partial charge in [0.1, 0.15) is 11.5 Å². The Kier molecular flexibility index (Phi) is 5.02. The molecule has 0 unspecified atom stereocenters. The standard InChI is InChI=1S/C18H21N3O4/c1-24-14-7-13(8-15(9-14)25-2)18(23)19-5-6-21-11-20-16(10-17(21)22)12-3-4-12/h7-12H,3-6H2,1-2H3,(H,19,23). The molecule has 7 nitrogen and oxygen atoms in total. The monoisotopic (exact) mass is 343 g/mol. The van der Waals surface area contributed by atoms with Crippen molar-refractivity contribution >= 4 is 5.91 Å². The molecule has 0 spiro atoms. The molecule has 1 fully saturated rings. The average Bonchev–Trinajstić information content (AvgIpc) is 3.47. The Morgan fingerprint density at radius 2 is 1.88 bits per heavy atom. The van der Waals surface area contributed by atoms with Crippen molar-refractivity contribution < 1.29 is 14.3 Å². The Morgan fingerprint density at radius 3 is 2.44 bits per heavy atom. The van der Waals surface area contributed by atoms with Gasteiger partial charge in [-0.05, 0) is 25.0 Å². The van der Waals surface area contributed by atoms with Gasteiger partial charge in [0.25, 0.3) is 11.5 Å². The summed E-state index contributed by atoms with van der Waals surface area (Å²) in [5, 5.41) is 2.79. The maximum atomic E-state index is 12.3. The van der Waals surface area contributed by atoms with Crippen LogP contribution in [0, 0.1) is 0 Å². The fourth-order valence-corrected chi connectivity index (χ4v) is 2.54. The van der Waals surface area contributed by atoms with Crippen LogP contribution in [0.2, 0.25) is 0 Å². The number of benzene rings is 1. The molecule has 132 valence electrons. The Hall–Kier alpha value is -2.83. The second-order valence-corrected chi connectivity index (χ2v) is 5.98. The summed E-state index contributed by atoms with van der Waals surface area (Å²) in [6.07, 6.45) is 3.77. The molecule has 1 saturated carbocycles. The van der Waals surface area contributed by atoms with Gasteiger partial charge in [-0.3, -0.25) is 14.2 Å². The number of amides is 1. The van der Waals surface area contributed by atoms with Crippen LogP contribution in [0.3, 0.4) is 0 Å². The number of rotatable bonds is 7.